The second kappa shape index (κ2) is 10.4. The van der Waals surface area contributed by atoms with Crippen LogP contribution in [0.4, 0.5) is 0 Å². The monoisotopic (exact) mass is 298 g/mol. The number of hydrogen-bond donors (Lipinski definition) is 0. The molecule has 2 unspecified atom stereocenters. The molecule has 1 rings (SSSR count). The fraction of sp³-hybridized carbons (Fsp3) is 0.800. The maximum atomic E-state index is 2.55. The molecule has 0 amide bonds. The van der Waals surface area contributed by atoms with Crippen LogP contribution in [0.2, 0.25) is 0 Å². The van der Waals surface area contributed by atoms with Gasteiger partial charge in [-0.1, -0.05) is 0 Å². The molecule has 1 aromatic rings. The molecular weight excluding hydrogens is 262 g/mol. The van der Waals surface area contributed by atoms with Gasteiger partial charge in [-0.3, -0.25) is 0 Å². The SMILES string of the molecule is CCCCC(CC)c1bbc(C(C)CCC)c(CC(C)C)c1. The third kappa shape index (κ3) is 6.01. The van der Waals surface area contributed by atoms with E-state index in [0.29, 0.717) is 5.92 Å². The molecule has 0 bridgehead atoms. The van der Waals surface area contributed by atoms with E-state index in [1.807, 2.05) is 0 Å². The predicted molar refractivity (Wildman–Crippen MR) is 104 cm³/mol. The van der Waals surface area contributed by atoms with Gasteiger partial charge in [0.25, 0.3) is 0 Å². The van der Waals surface area contributed by atoms with E-state index in [0.717, 1.165) is 11.8 Å². The van der Waals surface area contributed by atoms with Gasteiger partial charge in [0.05, 0.1) is 0 Å². The molecule has 2 heteroatoms. The first-order chi connectivity index (χ1) is 10.5. The third-order valence-electron chi connectivity index (χ3n) is 4.92. The van der Waals surface area contributed by atoms with Gasteiger partial charge in [-0.05, 0) is 0 Å². The molecular formula is C20H36B2. The summed E-state index contributed by atoms with van der Waals surface area (Å²) in [7, 11) is 0. The minimum atomic E-state index is 0.698. The summed E-state index contributed by atoms with van der Waals surface area (Å²) in [6.45, 7) is 18.9. The van der Waals surface area contributed by atoms with E-state index in [1.54, 1.807) is 16.5 Å². The quantitative estimate of drug-likeness (QED) is 0.486. The Morgan fingerprint density at radius 1 is 0.955 bits per heavy atom. The van der Waals surface area contributed by atoms with Crippen molar-refractivity contribution >= 4 is 13.6 Å². The van der Waals surface area contributed by atoms with Gasteiger partial charge in [0, 0.05) is 0 Å². The molecule has 0 radical (unpaired) electrons. The Labute approximate surface area is 140 Å². The Kier molecular flexibility index (Phi) is 9.29. The summed E-state index contributed by atoms with van der Waals surface area (Å²) >= 11 is 0. The predicted octanol–water partition coefficient (Wildman–Crippen LogP) is 6.15. The first kappa shape index (κ1) is 19.7. The molecule has 0 aliphatic rings. The van der Waals surface area contributed by atoms with Crippen molar-refractivity contribution in [1.29, 1.82) is 0 Å². The minimum absolute atomic E-state index is 0.698. The van der Waals surface area contributed by atoms with Crippen LogP contribution in [0.15, 0.2) is 6.07 Å². The van der Waals surface area contributed by atoms with Crippen LogP contribution in [-0.4, -0.2) is 13.6 Å². The van der Waals surface area contributed by atoms with Crippen LogP contribution >= 0.6 is 0 Å². The van der Waals surface area contributed by atoms with Crippen LogP contribution in [0.5, 0.6) is 0 Å². The van der Waals surface area contributed by atoms with Gasteiger partial charge in [0.1, 0.15) is 0 Å². The summed E-state index contributed by atoms with van der Waals surface area (Å²) in [6.07, 6.45) is 9.08. The average molecular weight is 298 g/mol. The first-order valence-corrected chi connectivity index (χ1v) is 9.66. The zero-order valence-corrected chi connectivity index (χ0v) is 15.9. The molecule has 0 saturated heterocycles. The molecule has 0 nitrogen and oxygen atoms in total. The number of hydrogen-bond acceptors (Lipinski definition) is 0. The van der Waals surface area contributed by atoms with Crippen molar-refractivity contribution in [3.63, 3.8) is 0 Å². The van der Waals surface area contributed by atoms with Crippen molar-refractivity contribution in [3.05, 3.63) is 22.5 Å². The van der Waals surface area contributed by atoms with Gasteiger partial charge in [-0.25, -0.2) is 0 Å². The fourth-order valence-corrected chi connectivity index (χ4v) is 3.62. The summed E-state index contributed by atoms with van der Waals surface area (Å²) in [6, 6.07) is 2.55. The summed E-state index contributed by atoms with van der Waals surface area (Å²) in [4.78, 5) is 0. The number of rotatable bonds is 10. The maximum absolute atomic E-state index is 2.55. The molecule has 22 heavy (non-hydrogen) atoms. The van der Waals surface area contributed by atoms with E-state index < -0.39 is 0 Å². The Morgan fingerprint density at radius 2 is 1.68 bits per heavy atom. The molecule has 0 spiro atoms. The molecule has 1 aromatic heterocycles. The fourth-order valence-electron chi connectivity index (χ4n) is 3.62. The molecule has 0 saturated carbocycles. The zero-order valence-electron chi connectivity index (χ0n) is 15.9. The van der Waals surface area contributed by atoms with Gasteiger partial charge in [0.15, 0.2) is 0 Å². The van der Waals surface area contributed by atoms with Gasteiger partial charge in [-0.2, -0.15) is 0 Å². The van der Waals surface area contributed by atoms with Crippen LogP contribution < -0.4 is 0 Å². The van der Waals surface area contributed by atoms with Gasteiger partial charge in [0.2, 0.25) is 0 Å². The van der Waals surface area contributed by atoms with Crippen molar-refractivity contribution in [1.82, 2.24) is 0 Å². The Morgan fingerprint density at radius 3 is 2.23 bits per heavy atom. The van der Waals surface area contributed by atoms with E-state index in [9.17, 15) is 0 Å². The van der Waals surface area contributed by atoms with Gasteiger partial charge < -0.3 is 0 Å². The van der Waals surface area contributed by atoms with Crippen LogP contribution in [-0.2, 0) is 6.42 Å². The Balaban J connectivity index is 3.06. The molecule has 1 heterocycles. The van der Waals surface area contributed by atoms with Crippen molar-refractivity contribution in [3.8, 4) is 0 Å². The van der Waals surface area contributed by atoms with E-state index in [-0.39, 0.29) is 0 Å². The van der Waals surface area contributed by atoms with Crippen LogP contribution in [0.25, 0.3) is 0 Å². The molecule has 2 atom stereocenters. The molecule has 0 aliphatic carbocycles. The van der Waals surface area contributed by atoms with Crippen molar-refractivity contribution < 1.29 is 0 Å². The standard InChI is InChI=1S/C20H36B2/c1-7-10-12-17(9-3)19-14-18(13-15(4)5)20(22-21-19)16(6)11-8-2/h14-17H,7-13H2,1-6H3. The summed E-state index contributed by atoms with van der Waals surface area (Å²) in [5, 5.41) is 0. The van der Waals surface area contributed by atoms with E-state index in [1.165, 1.54) is 44.9 Å². The second-order valence-corrected chi connectivity index (χ2v) is 7.49. The second-order valence-electron chi connectivity index (χ2n) is 7.49. The van der Waals surface area contributed by atoms with E-state index >= 15 is 0 Å². The Bertz CT molecular complexity index is 426. The van der Waals surface area contributed by atoms with Crippen molar-refractivity contribution in [2.75, 3.05) is 0 Å². The third-order valence-corrected chi connectivity index (χ3v) is 4.92. The zero-order chi connectivity index (χ0) is 16.5. The molecule has 0 N–H and O–H groups in total. The normalized spacial score (nSPS) is 14.0. The van der Waals surface area contributed by atoms with Gasteiger partial charge >= 0.3 is 140 Å². The number of unbranched alkanes of at least 4 members (excludes halogenated alkanes) is 1. The molecule has 122 valence electrons. The van der Waals surface area contributed by atoms with Crippen LogP contribution in [0.3, 0.4) is 0 Å². The van der Waals surface area contributed by atoms with E-state index in [4.69, 9.17) is 0 Å². The van der Waals surface area contributed by atoms with Gasteiger partial charge in [-0.15, -0.1) is 0 Å². The molecule has 0 aliphatic heterocycles. The first-order valence-electron chi connectivity index (χ1n) is 9.66. The summed E-state index contributed by atoms with van der Waals surface area (Å²) < 4.78 is 0. The topological polar surface area (TPSA) is 0 Å². The molecule has 0 aromatic carbocycles. The van der Waals surface area contributed by atoms with Crippen LogP contribution in [0.1, 0.15) is 108 Å². The average Bonchev–Trinajstić information content (AvgIpc) is 2.48. The van der Waals surface area contributed by atoms with Crippen molar-refractivity contribution in [2.24, 2.45) is 5.92 Å². The van der Waals surface area contributed by atoms with Crippen molar-refractivity contribution in [2.45, 2.75) is 98.3 Å². The summed E-state index contributed by atoms with van der Waals surface area (Å²) in [5.41, 5.74) is 4.80. The van der Waals surface area contributed by atoms with Crippen LogP contribution in [0, 0.1) is 5.92 Å². The van der Waals surface area contributed by atoms with E-state index in [2.05, 4.69) is 61.2 Å². The summed E-state index contributed by atoms with van der Waals surface area (Å²) in [5.74, 6) is 2.18. The Hall–Kier alpha value is -0.390. The molecule has 0 fully saturated rings.